The summed E-state index contributed by atoms with van der Waals surface area (Å²) in [7, 11) is 0. The van der Waals surface area contributed by atoms with Crippen LogP contribution >= 0.6 is 11.6 Å². The predicted octanol–water partition coefficient (Wildman–Crippen LogP) is 6.57. The van der Waals surface area contributed by atoms with Crippen molar-refractivity contribution >= 4 is 22.5 Å². The average Bonchev–Trinajstić information content (AvgIpc) is 3.27. The van der Waals surface area contributed by atoms with Crippen molar-refractivity contribution in [3.8, 4) is 11.1 Å². The Balaban J connectivity index is 1.32. The molecule has 4 aromatic rings. The second-order valence-electron chi connectivity index (χ2n) is 9.94. The normalized spacial score (nSPS) is 15.1. The lowest BCUT2D eigenvalue weighted by atomic mass is 10.0. The third kappa shape index (κ3) is 5.68. The summed E-state index contributed by atoms with van der Waals surface area (Å²) in [5, 5.41) is 11.6. The molecule has 36 heavy (non-hydrogen) atoms. The van der Waals surface area contributed by atoms with Crippen LogP contribution in [0.25, 0.3) is 22.0 Å². The van der Waals surface area contributed by atoms with Gasteiger partial charge in [-0.25, -0.2) is 0 Å². The first-order valence-electron chi connectivity index (χ1n) is 13.1. The molecule has 0 aliphatic carbocycles. The predicted molar refractivity (Wildman–Crippen MR) is 150 cm³/mol. The van der Waals surface area contributed by atoms with E-state index in [2.05, 4.69) is 70.0 Å². The number of fused-ring (bicyclic) bond motifs is 1. The second kappa shape index (κ2) is 11.6. The Hall–Kier alpha value is -2.63. The fourth-order valence-electron chi connectivity index (χ4n) is 5.21. The zero-order valence-electron chi connectivity index (χ0n) is 21.2. The zero-order chi connectivity index (χ0) is 24.9. The van der Waals surface area contributed by atoms with Gasteiger partial charge in [0.25, 0.3) is 0 Å². The van der Waals surface area contributed by atoms with Gasteiger partial charge in [0.1, 0.15) is 0 Å². The SMILES string of the molecule is CCCCn1cc(-c2ccc(CO)cc2)c2cc(CN3CCN(Cc4ccccc4Cl)CC3)ccc21. The summed E-state index contributed by atoms with van der Waals surface area (Å²) < 4.78 is 2.41. The van der Waals surface area contributed by atoms with Gasteiger partial charge in [-0.15, -0.1) is 0 Å². The second-order valence-corrected chi connectivity index (χ2v) is 10.3. The van der Waals surface area contributed by atoms with Crippen molar-refractivity contribution in [2.45, 2.75) is 46.0 Å². The highest BCUT2D eigenvalue weighted by atomic mass is 35.5. The number of rotatable bonds is 9. The number of aliphatic hydroxyl groups is 1. The van der Waals surface area contributed by atoms with Crippen LogP contribution in [0.2, 0.25) is 5.02 Å². The molecule has 0 spiro atoms. The van der Waals surface area contributed by atoms with E-state index in [4.69, 9.17) is 11.6 Å². The molecule has 0 radical (unpaired) electrons. The first kappa shape index (κ1) is 25.0. The number of halogens is 1. The molecule has 4 nitrogen and oxygen atoms in total. The van der Waals surface area contributed by atoms with Crippen LogP contribution in [0, 0.1) is 0 Å². The molecule has 1 N–H and O–H groups in total. The maximum Gasteiger partial charge on any atom is 0.0681 e. The molecule has 5 rings (SSSR count). The molecule has 0 bridgehead atoms. The van der Waals surface area contributed by atoms with Crippen molar-refractivity contribution < 1.29 is 5.11 Å². The van der Waals surface area contributed by atoms with Crippen LogP contribution in [0.1, 0.15) is 36.5 Å². The summed E-state index contributed by atoms with van der Waals surface area (Å²) in [5.41, 5.74) is 7.31. The average molecular weight is 502 g/mol. The van der Waals surface area contributed by atoms with Gasteiger partial charge in [0.15, 0.2) is 0 Å². The highest BCUT2D eigenvalue weighted by Gasteiger charge is 2.19. The Morgan fingerprint density at radius 1 is 0.833 bits per heavy atom. The topological polar surface area (TPSA) is 31.6 Å². The Morgan fingerprint density at radius 3 is 2.22 bits per heavy atom. The van der Waals surface area contributed by atoms with Gasteiger partial charge in [0.2, 0.25) is 0 Å². The third-order valence-corrected chi connectivity index (χ3v) is 7.74. The fourth-order valence-corrected chi connectivity index (χ4v) is 5.40. The Bertz CT molecular complexity index is 1290. The molecule has 1 aromatic heterocycles. The standard InChI is InChI=1S/C31H36ClN3O/c1-2-3-14-35-22-29(26-11-8-24(23-36)9-12-26)28-19-25(10-13-31(28)35)20-33-15-17-34(18-16-33)21-27-6-4-5-7-30(27)32/h4-13,19,22,36H,2-3,14-18,20-21,23H2,1H3. The van der Waals surface area contributed by atoms with E-state index in [1.54, 1.807) is 0 Å². The van der Waals surface area contributed by atoms with Crippen molar-refractivity contribution in [2.75, 3.05) is 26.2 Å². The van der Waals surface area contributed by atoms with Crippen molar-refractivity contribution in [2.24, 2.45) is 0 Å². The van der Waals surface area contributed by atoms with E-state index in [-0.39, 0.29) is 6.61 Å². The summed E-state index contributed by atoms with van der Waals surface area (Å²) in [6, 6.07) is 23.5. The van der Waals surface area contributed by atoms with Crippen molar-refractivity contribution in [3.63, 3.8) is 0 Å². The summed E-state index contributed by atoms with van der Waals surface area (Å²) in [6.45, 7) is 9.50. The lowest BCUT2D eigenvalue weighted by Crippen LogP contribution is -2.45. The zero-order valence-corrected chi connectivity index (χ0v) is 21.9. The lowest BCUT2D eigenvalue weighted by molar-refractivity contribution is 0.122. The first-order valence-corrected chi connectivity index (χ1v) is 13.5. The van der Waals surface area contributed by atoms with Crippen LogP contribution in [0.5, 0.6) is 0 Å². The Kier molecular flexibility index (Phi) is 8.08. The minimum absolute atomic E-state index is 0.0777. The van der Waals surface area contributed by atoms with Crippen molar-refractivity contribution in [3.05, 3.63) is 94.6 Å². The van der Waals surface area contributed by atoms with Crippen LogP contribution in [0.3, 0.4) is 0 Å². The van der Waals surface area contributed by atoms with E-state index in [0.29, 0.717) is 0 Å². The number of aryl methyl sites for hydroxylation is 1. The smallest absolute Gasteiger partial charge is 0.0681 e. The molecule has 2 heterocycles. The highest BCUT2D eigenvalue weighted by molar-refractivity contribution is 6.31. The molecule has 1 saturated heterocycles. The number of hydrogen-bond acceptors (Lipinski definition) is 3. The van der Waals surface area contributed by atoms with E-state index in [0.717, 1.165) is 56.4 Å². The minimum atomic E-state index is 0.0777. The molecular formula is C31H36ClN3O. The molecule has 1 fully saturated rings. The molecule has 0 unspecified atom stereocenters. The van der Waals surface area contributed by atoms with E-state index >= 15 is 0 Å². The summed E-state index contributed by atoms with van der Waals surface area (Å²) in [5.74, 6) is 0. The molecule has 1 aliphatic rings. The number of piperazine rings is 1. The van der Waals surface area contributed by atoms with Gasteiger partial charge in [-0.1, -0.05) is 73.5 Å². The van der Waals surface area contributed by atoms with Crippen molar-refractivity contribution in [1.29, 1.82) is 0 Å². The molecule has 0 saturated carbocycles. The van der Waals surface area contributed by atoms with Gasteiger partial charge >= 0.3 is 0 Å². The van der Waals surface area contributed by atoms with Gasteiger partial charge in [-0.3, -0.25) is 9.80 Å². The highest BCUT2D eigenvalue weighted by Crippen LogP contribution is 2.32. The van der Waals surface area contributed by atoms with E-state index < -0.39 is 0 Å². The van der Waals surface area contributed by atoms with Crippen LogP contribution in [0.4, 0.5) is 0 Å². The number of benzene rings is 3. The number of unbranched alkanes of at least 4 members (excludes halogenated alkanes) is 1. The van der Waals surface area contributed by atoms with E-state index in [9.17, 15) is 5.11 Å². The van der Waals surface area contributed by atoms with Crippen LogP contribution in [0.15, 0.2) is 72.9 Å². The molecule has 5 heteroatoms. The maximum absolute atomic E-state index is 9.45. The van der Waals surface area contributed by atoms with Gasteiger partial charge < -0.3 is 9.67 Å². The number of nitrogens with zero attached hydrogens (tertiary/aromatic N) is 3. The Morgan fingerprint density at radius 2 is 1.53 bits per heavy atom. The van der Waals surface area contributed by atoms with Crippen LogP contribution in [-0.2, 0) is 26.2 Å². The lowest BCUT2D eigenvalue weighted by Gasteiger charge is -2.35. The summed E-state index contributed by atoms with van der Waals surface area (Å²) in [4.78, 5) is 5.07. The van der Waals surface area contributed by atoms with E-state index in [1.165, 1.54) is 46.0 Å². The maximum atomic E-state index is 9.45. The van der Waals surface area contributed by atoms with Crippen LogP contribution in [-0.4, -0.2) is 45.7 Å². The van der Waals surface area contributed by atoms with Gasteiger partial charge in [0.05, 0.1) is 6.61 Å². The summed E-state index contributed by atoms with van der Waals surface area (Å²) in [6.07, 6.45) is 4.67. The third-order valence-electron chi connectivity index (χ3n) is 7.37. The van der Waals surface area contributed by atoms with E-state index in [1.807, 2.05) is 24.3 Å². The largest absolute Gasteiger partial charge is 0.392 e. The minimum Gasteiger partial charge on any atom is -0.392 e. The molecule has 188 valence electrons. The van der Waals surface area contributed by atoms with Crippen LogP contribution < -0.4 is 0 Å². The molecule has 0 atom stereocenters. The summed E-state index contributed by atoms with van der Waals surface area (Å²) >= 11 is 6.38. The van der Waals surface area contributed by atoms with Gasteiger partial charge in [-0.2, -0.15) is 0 Å². The van der Waals surface area contributed by atoms with Gasteiger partial charge in [-0.05, 0) is 46.9 Å². The molecule has 3 aromatic carbocycles. The van der Waals surface area contributed by atoms with Crippen molar-refractivity contribution in [1.82, 2.24) is 14.4 Å². The number of aliphatic hydroxyl groups excluding tert-OH is 1. The van der Waals surface area contributed by atoms with Gasteiger partial charge in [0, 0.05) is 73.5 Å². The molecule has 0 amide bonds. The Labute approximate surface area is 219 Å². The first-order chi connectivity index (χ1) is 17.6. The monoisotopic (exact) mass is 501 g/mol. The molecular weight excluding hydrogens is 466 g/mol. The quantitative estimate of drug-likeness (QED) is 0.281. The number of hydrogen-bond donors (Lipinski definition) is 1. The fraction of sp³-hybridized carbons (Fsp3) is 0.355. The molecule has 1 aliphatic heterocycles. The number of aromatic nitrogens is 1.